The SMILES string of the molecule is CCC(=CC[C@@H]1C(C)=CCC1(C)C)CO. The summed E-state index contributed by atoms with van der Waals surface area (Å²) in [6.07, 6.45) is 7.83. The van der Waals surface area contributed by atoms with Crippen molar-refractivity contribution in [3.05, 3.63) is 23.3 Å². The molecule has 1 aliphatic carbocycles. The molecule has 0 saturated carbocycles. The van der Waals surface area contributed by atoms with Crippen LogP contribution in [0, 0.1) is 11.3 Å². The highest BCUT2D eigenvalue weighted by Crippen LogP contribution is 2.44. The second-order valence-corrected chi connectivity index (χ2v) is 5.30. The summed E-state index contributed by atoms with van der Waals surface area (Å²) in [5.41, 5.74) is 3.09. The monoisotopic (exact) mass is 208 g/mol. The van der Waals surface area contributed by atoms with Crippen molar-refractivity contribution < 1.29 is 5.11 Å². The number of aliphatic hydroxyl groups is 1. The smallest absolute Gasteiger partial charge is 0.0641 e. The number of hydrogen-bond acceptors (Lipinski definition) is 1. The van der Waals surface area contributed by atoms with E-state index in [0.717, 1.165) is 12.8 Å². The molecule has 0 aromatic rings. The molecule has 0 spiro atoms. The maximum absolute atomic E-state index is 9.11. The second kappa shape index (κ2) is 4.98. The molecule has 86 valence electrons. The van der Waals surface area contributed by atoms with E-state index in [2.05, 4.69) is 39.8 Å². The van der Waals surface area contributed by atoms with Gasteiger partial charge in [-0.15, -0.1) is 0 Å². The summed E-state index contributed by atoms with van der Waals surface area (Å²) >= 11 is 0. The zero-order valence-electron chi connectivity index (χ0n) is 10.5. The van der Waals surface area contributed by atoms with Crippen LogP contribution in [0.4, 0.5) is 0 Å². The molecule has 0 unspecified atom stereocenters. The van der Waals surface area contributed by atoms with E-state index in [1.54, 1.807) is 0 Å². The third kappa shape index (κ3) is 2.94. The lowest BCUT2D eigenvalue weighted by molar-refractivity contribution is 0.275. The summed E-state index contributed by atoms with van der Waals surface area (Å²) in [6.45, 7) is 9.22. The van der Waals surface area contributed by atoms with Crippen molar-refractivity contribution in [1.82, 2.24) is 0 Å². The fraction of sp³-hybridized carbons (Fsp3) is 0.714. The van der Waals surface area contributed by atoms with Gasteiger partial charge >= 0.3 is 0 Å². The van der Waals surface area contributed by atoms with Crippen LogP contribution in [0.15, 0.2) is 23.3 Å². The van der Waals surface area contributed by atoms with Crippen molar-refractivity contribution in [2.45, 2.75) is 47.0 Å². The minimum absolute atomic E-state index is 0.215. The Hall–Kier alpha value is -0.560. The molecule has 1 rings (SSSR count). The summed E-state index contributed by atoms with van der Waals surface area (Å²) < 4.78 is 0. The lowest BCUT2D eigenvalue weighted by atomic mass is 9.77. The van der Waals surface area contributed by atoms with E-state index < -0.39 is 0 Å². The molecule has 15 heavy (non-hydrogen) atoms. The van der Waals surface area contributed by atoms with Gasteiger partial charge in [-0.25, -0.2) is 0 Å². The Labute approximate surface area is 93.9 Å². The van der Waals surface area contributed by atoms with Gasteiger partial charge in [-0.05, 0) is 43.1 Å². The zero-order valence-corrected chi connectivity index (χ0v) is 10.5. The standard InChI is InChI=1S/C14H24O/c1-5-12(10-15)6-7-13-11(2)8-9-14(13,3)4/h6,8,13,15H,5,7,9-10H2,1-4H3/t13-/m1/s1. The van der Waals surface area contributed by atoms with Gasteiger partial charge in [-0.3, -0.25) is 0 Å². The molecule has 1 nitrogen and oxygen atoms in total. The first-order valence-electron chi connectivity index (χ1n) is 5.96. The molecular weight excluding hydrogens is 184 g/mol. The molecule has 0 aliphatic heterocycles. The fourth-order valence-corrected chi connectivity index (χ4v) is 2.44. The van der Waals surface area contributed by atoms with Crippen molar-refractivity contribution >= 4 is 0 Å². The highest BCUT2D eigenvalue weighted by Gasteiger charge is 2.33. The molecule has 0 amide bonds. The number of allylic oxidation sites excluding steroid dienone is 3. The molecular formula is C14H24O. The summed E-state index contributed by atoms with van der Waals surface area (Å²) in [6, 6.07) is 0. The Morgan fingerprint density at radius 3 is 2.67 bits per heavy atom. The van der Waals surface area contributed by atoms with Crippen LogP contribution in [-0.2, 0) is 0 Å². The molecule has 0 radical (unpaired) electrons. The lowest BCUT2D eigenvalue weighted by Gasteiger charge is -2.28. The fourth-order valence-electron chi connectivity index (χ4n) is 2.44. The molecule has 0 aromatic carbocycles. The molecule has 0 saturated heterocycles. The van der Waals surface area contributed by atoms with Gasteiger partial charge < -0.3 is 5.11 Å². The quantitative estimate of drug-likeness (QED) is 0.698. The van der Waals surface area contributed by atoms with Crippen LogP contribution in [0.2, 0.25) is 0 Å². The molecule has 0 heterocycles. The molecule has 0 aromatic heterocycles. The highest BCUT2D eigenvalue weighted by atomic mass is 16.3. The highest BCUT2D eigenvalue weighted by molar-refractivity contribution is 5.18. The predicted octanol–water partition coefficient (Wildman–Crippen LogP) is 3.70. The third-order valence-corrected chi connectivity index (χ3v) is 3.74. The molecule has 1 aliphatic rings. The normalized spacial score (nSPS) is 25.5. The molecule has 1 N–H and O–H groups in total. The van der Waals surface area contributed by atoms with Crippen molar-refractivity contribution in [3.63, 3.8) is 0 Å². The first kappa shape index (κ1) is 12.5. The van der Waals surface area contributed by atoms with Crippen LogP contribution in [0.1, 0.15) is 47.0 Å². The topological polar surface area (TPSA) is 20.2 Å². The Morgan fingerprint density at radius 1 is 1.60 bits per heavy atom. The minimum Gasteiger partial charge on any atom is -0.392 e. The second-order valence-electron chi connectivity index (χ2n) is 5.30. The number of hydrogen-bond donors (Lipinski definition) is 1. The van der Waals surface area contributed by atoms with Crippen molar-refractivity contribution in [2.75, 3.05) is 6.61 Å². The maximum Gasteiger partial charge on any atom is 0.0641 e. The molecule has 1 heteroatoms. The lowest BCUT2D eigenvalue weighted by Crippen LogP contribution is -2.19. The Kier molecular flexibility index (Phi) is 4.15. The number of rotatable bonds is 4. The predicted molar refractivity (Wildman–Crippen MR) is 65.7 cm³/mol. The van der Waals surface area contributed by atoms with Gasteiger partial charge in [-0.1, -0.05) is 38.5 Å². The van der Waals surface area contributed by atoms with Gasteiger partial charge in [0.1, 0.15) is 0 Å². The van der Waals surface area contributed by atoms with Gasteiger partial charge in [0.25, 0.3) is 0 Å². The Bertz CT molecular complexity index is 265. The van der Waals surface area contributed by atoms with Crippen LogP contribution in [-0.4, -0.2) is 11.7 Å². The van der Waals surface area contributed by atoms with Crippen LogP contribution in [0.25, 0.3) is 0 Å². The first-order valence-corrected chi connectivity index (χ1v) is 5.96. The van der Waals surface area contributed by atoms with Crippen molar-refractivity contribution in [1.29, 1.82) is 0 Å². The summed E-state index contributed by atoms with van der Waals surface area (Å²) in [5, 5.41) is 9.11. The maximum atomic E-state index is 9.11. The summed E-state index contributed by atoms with van der Waals surface area (Å²) in [4.78, 5) is 0. The average Bonchev–Trinajstić information content (AvgIpc) is 2.45. The van der Waals surface area contributed by atoms with E-state index in [4.69, 9.17) is 5.11 Å². The van der Waals surface area contributed by atoms with E-state index in [0.29, 0.717) is 11.3 Å². The van der Waals surface area contributed by atoms with Crippen LogP contribution in [0.3, 0.4) is 0 Å². The van der Waals surface area contributed by atoms with Gasteiger partial charge in [0.15, 0.2) is 0 Å². The molecule has 0 bridgehead atoms. The average molecular weight is 208 g/mol. The molecule has 0 fully saturated rings. The van der Waals surface area contributed by atoms with Gasteiger partial charge in [0.05, 0.1) is 6.61 Å². The first-order chi connectivity index (χ1) is 7.01. The van der Waals surface area contributed by atoms with Gasteiger partial charge in [-0.2, -0.15) is 0 Å². The zero-order chi connectivity index (χ0) is 11.5. The van der Waals surface area contributed by atoms with E-state index in [9.17, 15) is 0 Å². The summed E-state index contributed by atoms with van der Waals surface area (Å²) in [5.74, 6) is 0.658. The largest absolute Gasteiger partial charge is 0.392 e. The van der Waals surface area contributed by atoms with E-state index in [-0.39, 0.29) is 6.61 Å². The van der Waals surface area contributed by atoms with E-state index >= 15 is 0 Å². The third-order valence-electron chi connectivity index (χ3n) is 3.74. The Morgan fingerprint density at radius 2 is 2.27 bits per heavy atom. The van der Waals surface area contributed by atoms with Gasteiger partial charge in [0.2, 0.25) is 0 Å². The number of aliphatic hydroxyl groups excluding tert-OH is 1. The summed E-state index contributed by atoms with van der Waals surface area (Å²) in [7, 11) is 0. The Balaban J connectivity index is 2.65. The van der Waals surface area contributed by atoms with E-state index in [1.807, 2.05) is 0 Å². The van der Waals surface area contributed by atoms with Crippen LogP contribution in [0.5, 0.6) is 0 Å². The molecule has 1 atom stereocenters. The van der Waals surface area contributed by atoms with Crippen LogP contribution >= 0.6 is 0 Å². The van der Waals surface area contributed by atoms with E-state index in [1.165, 1.54) is 17.6 Å². The minimum atomic E-state index is 0.215. The van der Waals surface area contributed by atoms with Crippen molar-refractivity contribution in [3.8, 4) is 0 Å². The van der Waals surface area contributed by atoms with Crippen molar-refractivity contribution in [2.24, 2.45) is 11.3 Å². The van der Waals surface area contributed by atoms with Crippen LogP contribution < -0.4 is 0 Å². The van der Waals surface area contributed by atoms with Gasteiger partial charge in [0, 0.05) is 0 Å².